The molecule has 0 aliphatic heterocycles. The molecule has 0 heterocycles. The van der Waals surface area contributed by atoms with Crippen molar-refractivity contribution < 1.29 is 19.8 Å². The number of aromatic carboxylic acids is 2. The van der Waals surface area contributed by atoms with E-state index in [-0.39, 0.29) is 11.1 Å². The molecule has 0 aromatic heterocycles. The number of carboxylic acids is 2. The molecule has 0 spiro atoms. The van der Waals surface area contributed by atoms with Crippen molar-refractivity contribution in [2.24, 2.45) is 0 Å². The van der Waals surface area contributed by atoms with E-state index in [4.69, 9.17) is 10.2 Å². The molecule has 0 saturated heterocycles. The lowest BCUT2D eigenvalue weighted by Gasteiger charge is -2.04. The Kier molecular flexibility index (Phi) is 3.61. The first-order valence-corrected chi connectivity index (χ1v) is 4.46. The Labute approximate surface area is 92.2 Å². The van der Waals surface area contributed by atoms with Gasteiger partial charge in [-0.15, -0.1) is 0 Å². The third-order valence-electron chi connectivity index (χ3n) is 1.95. The molecule has 2 N–H and O–H groups in total. The van der Waals surface area contributed by atoms with Crippen LogP contribution in [0.2, 0.25) is 0 Å². The van der Waals surface area contributed by atoms with Gasteiger partial charge in [-0.1, -0.05) is 36.9 Å². The number of rotatable bonds is 4. The van der Waals surface area contributed by atoms with E-state index in [1.807, 2.05) is 0 Å². The van der Waals surface area contributed by atoms with E-state index in [2.05, 4.69) is 6.58 Å². The predicted octanol–water partition coefficient (Wildman–Crippen LogP) is 2.28. The van der Waals surface area contributed by atoms with E-state index in [9.17, 15) is 9.59 Å². The van der Waals surface area contributed by atoms with Crippen LogP contribution in [-0.4, -0.2) is 22.2 Å². The molecule has 0 amide bonds. The average Bonchev–Trinajstić information content (AvgIpc) is 2.25. The van der Waals surface area contributed by atoms with Crippen LogP contribution in [0.3, 0.4) is 0 Å². The highest BCUT2D eigenvalue weighted by Crippen LogP contribution is 2.16. The topological polar surface area (TPSA) is 74.6 Å². The predicted molar refractivity (Wildman–Crippen MR) is 59.6 cm³/mol. The molecule has 0 bridgehead atoms. The van der Waals surface area contributed by atoms with Crippen LogP contribution in [0.15, 0.2) is 36.9 Å². The third-order valence-corrected chi connectivity index (χ3v) is 1.95. The molecule has 82 valence electrons. The minimum absolute atomic E-state index is 0.215. The Morgan fingerprint density at radius 3 is 2.38 bits per heavy atom. The molecule has 0 unspecified atom stereocenters. The van der Waals surface area contributed by atoms with Gasteiger partial charge in [0.2, 0.25) is 0 Å². The van der Waals surface area contributed by atoms with Crippen molar-refractivity contribution in [1.82, 2.24) is 0 Å². The van der Waals surface area contributed by atoms with Gasteiger partial charge in [0.05, 0.1) is 11.1 Å². The van der Waals surface area contributed by atoms with Gasteiger partial charge in [-0.25, -0.2) is 9.59 Å². The number of allylic oxidation sites excluding steroid dienone is 2. The number of hydrogen-bond acceptors (Lipinski definition) is 2. The van der Waals surface area contributed by atoms with Gasteiger partial charge < -0.3 is 10.2 Å². The number of hydrogen-bond donors (Lipinski definition) is 2. The van der Waals surface area contributed by atoms with E-state index in [1.165, 1.54) is 30.4 Å². The molecule has 1 aromatic carbocycles. The van der Waals surface area contributed by atoms with Crippen molar-refractivity contribution in [3.05, 3.63) is 53.6 Å². The zero-order valence-corrected chi connectivity index (χ0v) is 8.38. The summed E-state index contributed by atoms with van der Waals surface area (Å²) in [5, 5.41) is 17.8. The third kappa shape index (κ3) is 2.36. The summed E-state index contributed by atoms with van der Waals surface area (Å²) < 4.78 is 0. The second-order valence-corrected chi connectivity index (χ2v) is 2.97. The van der Waals surface area contributed by atoms with Crippen molar-refractivity contribution in [3.63, 3.8) is 0 Å². The molecule has 16 heavy (non-hydrogen) atoms. The quantitative estimate of drug-likeness (QED) is 0.760. The van der Waals surface area contributed by atoms with Crippen molar-refractivity contribution in [3.8, 4) is 0 Å². The van der Waals surface area contributed by atoms with Crippen LogP contribution in [0.4, 0.5) is 0 Å². The molecule has 0 aliphatic rings. The van der Waals surface area contributed by atoms with Crippen LogP contribution in [0, 0.1) is 0 Å². The standard InChI is InChI=1S/C12H10O4/c1-2-3-5-8-6-4-7-9(11(13)14)10(8)12(15)16/h2-7H,1H2,(H,13,14)(H,15,16). The Bertz CT molecular complexity index is 472. The highest BCUT2D eigenvalue weighted by molar-refractivity contribution is 6.04. The van der Waals surface area contributed by atoms with Crippen LogP contribution in [-0.2, 0) is 0 Å². The van der Waals surface area contributed by atoms with Crippen molar-refractivity contribution in [2.75, 3.05) is 0 Å². The lowest BCUT2D eigenvalue weighted by Crippen LogP contribution is -2.09. The highest BCUT2D eigenvalue weighted by atomic mass is 16.4. The SMILES string of the molecule is C=CC=Cc1cccc(C(=O)O)c1C(=O)O. The number of carboxylic acid groups (broad SMARTS) is 2. The summed E-state index contributed by atoms with van der Waals surface area (Å²) in [6.45, 7) is 3.46. The summed E-state index contributed by atoms with van der Waals surface area (Å²) in [5.74, 6) is -2.52. The lowest BCUT2D eigenvalue weighted by molar-refractivity contribution is 0.0651. The summed E-state index contributed by atoms with van der Waals surface area (Å²) >= 11 is 0. The largest absolute Gasteiger partial charge is 0.478 e. The van der Waals surface area contributed by atoms with Crippen LogP contribution < -0.4 is 0 Å². The monoisotopic (exact) mass is 218 g/mol. The molecule has 4 heteroatoms. The Hall–Kier alpha value is -2.36. The normalized spacial score (nSPS) is 10.2. The maximum Gasteiger partial charge on any atom is 0.337 e. The van der Waals surface area contributed by atoms with Gasteiger partial charge in [0, 0.05) is 0 Å². The summed E-state index contributed by atoms with van der Waals surface area (Å²) in [6.07, 6.45) is 4.54. The van der Waals surface area contributed by atoms with Gasteiger partial charge in [-0.2, -0.15) is 0 Å². The van der Waals surface area contributed by atoms with Gasteiger partial charge in [0.25, 0.3) is 0 Å². The summed E-state index contributed by atoms with van der Waals surface area (Å²) in [4.78, 5) is 21.8. The Balaban J connectivity index is 3.44. The molecule has 1 aromatic rings. The van der Waals surface area contributed by atoms with Crippen LogP contribution >= 0.6 is 0 Å². The molecular formula is C12H10O4. The van der Waals surface area contributed by atoms with Crippen molar-refractivity contribution in [1.29, 1.82) is 0 Å². The van der Waals surface area contributed by atoms with E-state index in [1.54, 1.807) is 6.08 Å². The first kappa shape index (κ1) is 11.7. The lowest BCUT2D eigenvalue weighted by atomic mass is 10.0. The molecule has 0 radical (unpaired) electrons. The minimum Gasteiger partial charge on any atom is -0.478 e. The summed E-state index contributed by atoms with van der Waals surface area (Å²) in [6, 6.07) is 4.30. The van der Waals surface area contributed by atoms with Crippen molar-refractivity contribution >= 4 is 18.0 Å². The minimum atomic E-state index is -1.26. The fourth-order valence-electron chi connectivity index (χ4n) is 1.30. The van der Waals surface area contributed by atoms with Crippen LogP contribution in [0.5, 0.6) is 0 Å². The van der Waals surface area contributed by atoms with Gasteiger partial charge in [0.15, 0.2) is 0 Å². The highest BCUT2D eigenvalue weighted by Gasteiger charge is 2.18. The maximum atomic E-state index is 11.0. The first-order valence-electron chi connectivity index (χ1n) is 4.46. The van der Waals surface area contributed by atoms with E-state index >= 15 is 0 Å². The first-order chi connectivity index (χ1) is 7.57. The molecule has 0 saturated carbocycles. The van der Waals surface area contributed by atoms with Gasteiger partial charge in [-0.05, 0) is 11.6 Å². The molecule has 4 nitrogen and oxygen atoms in total. The molecular weight excluding hydrogens is 208 g/mol. The second-order valence-electron chi connectivity index (χ2n) is 2.97. The second kappa shape index (κ2) is 4.93. The molecule has 0 aliphatic carbocycles. The number of benzene rings is 1. The molecule has 0 atom stereocenters. The zero-order valence-electron chi connectivity index (χ0n) is 8.38. The van der Waals surface area contributed by atoms with E-state index < -0.39 is 11.9 Å². The zero-order chi connectivity index (χ0) is 12.1. The van der Waals surface area contributed by atoms with Gasteiger partial charge >= 0.3 is 11.9 Å². The van der Waals surface area contributed by atoms with Crippen LogP contribution in [0.1, 0.15) is 26.3 Å². The smallest absolute Gasteiger partial charge is 0.337 e. The average molecular weight is 218 g/mol. The summed E-state index contributed by atoms with van der Waals surface area (Å²) in [5.41, 5.74) is -0.0980. The molecule has 1 rings (SSSR count). The summed E-state index contributed by atoms with van der Waals surface area (Å²) in [7, 11) is 0. The maximum absolute atomic E-state index is 11.0. The Morgan fingerprint density at radius 2 is 1.88 bits per heavy atom. The Morgan fingerprint density at radius 1 is 1.19 bits per heavy atom. The molecule has 0 fully saturated rings. The van der Waals surface area contributed by atoms with E-state index in [0.717, 1.165) is 0 Å². The van der Waals surface area contributed by atoms with E-state index in [0.29, 0.717) is 5.56 Å². The fraction of sp³-hybridized carbons (Fsp3) is 0. The van der Waals surface area contributed by atoms with Gasteiger partial charge in [-0.3, -0.25) is 0 Å². The van der Waals surface area contributed by atoms with Gasteiger partial charge in [0.1, 0.15) is 0 Å². The van der Waals surface area contributed by atoms with Crippen molar-refractivity contribution in [2.45, 2.75) is 0 Å². The fourth-order valence-corrected chi connectivity index (χ4v) is 1.30. The number of carbonyl (C=O) groups is 2. The van der Waals surface area contributed by atoms with Crippen LogP contribution in [0.25, 0.3) is 6.08 Å².